The van der Waals surface area contributed by atoms with Crippen LogP contribution in [0.15, 0.2) is 48.5 Å². The van der Waals surface area contributed by atoms with E-state index >= 15 is 0 Å². The van der Waals surface area contributed by atoms with Gasteiger partial charge in [-0.15, -0.1) is 0 Å². The third-order valence-corrected chi connectivity index (χ3v) is 4.71. The first kappa shape index (κ1) is 15.6. The van der Waals surface area contributed by atoms with Crippen LogP contribution in [-0.4, -0.2) is 12.9 Å². The second-order valence-corrected chi connectivity index (χ2v) is 6.25. The van der Waals surface area contributed by atoms with Crippen LogP contribution >= 0.6 is 0 Å². The summed E-state index contributed by atoms with van der Waals surface area (Å²) < 4.78 is 11.4. The van der Waals surface area contributed by atoms with Crippen LogP contribution in [0.1, 0.15) is 37.3 Å². The first-order valence-corrected chi connectivity index (χ1v) is 8.02. The molecule has 2 aromatic rings. The Hall–Kier alpha value is -2.29. The van der Waals surface area contributed by atoms with E-state index in [9.17, 15) is 4.79 Å². The third-order valence-electron chi connectivity index (χ3n) is 4.71. The van der Waals surface area contributed by atoms with Crippen molar-refractivity contribution in [2.75, 3.05) is 7.11 Å². The molecule has 0 spiro atoms. The summed E-state index contributed by atoms with van der Waals surface area (Å²) in [6.45, 7) is 2.51. The molecular weight excluding hydrogens is 288 g/mol. The minimum atomic E-state index is -0.472. The molecule has 0 N–H and O–H groups in total. The molecule has 3 rings (SSSR count). The summed E-state index contributed by atoms with van der Waals surface area (Å²) in [5, 5.41) is 0. The van der Waals surface area contributed by atoms with Crippen LogP contribution in [0.4, 0.5) is 0 Å². The van der Waals surface area contributed by atoms with E-state index in [0.717, 1.165) is 35.5 Å². The van der Waals surface area contributed by atoms with Gasteiger partial charge in [0.2, 0.25) is 0 Å². The van der Waals surface area contributed by atoms with Crippen LogP contribution in [0.25, 0.3) is 0 Å². The van der Waals surface area contributed by atoms with E-state index in [4.69, 9.17) is 9.47 Å². The number of carbonyl (C=O) groups excluding carboxylic acids is 1. The number of ketones is 1. The number of methoxy groups -OCH3 is 1. The summed E-state index contributed by atoms with van der Waals surface area (Å²) in [7, 11) is 1.64. The monoisotopic (exact) mass is 310 g/mol. The smallest absolute Gasteiger partial charge is 0.143 e. The van der Waals surface area contributed by atoms with E-state index in [1.54, 1.807) is 7.11 Å². The lowest BCUT2D eigenvalue weighted by atomic mass is 9.79. The first-order valence-electron chi connectivity index (χ1n) is 8.02. The molecular formula is C20H22O3. The predicted octanol–water partition coefficient (Wildman–Crippen LogP) is 4.28. The number of benzene rings is 2. The lowest BCUT2D eigenvalue weighted by Gasteiger charge is -2.26. The van der Waals surface area contributed by atoms with Gasteiger partial charge in [-0.1, -0.05) is 30.3 Å². The quantitative estimate of drug-likeness (QED) is 0.826. The fourth-order valence-electron chi connectivity index (χ4n) is 3.23. The van der Waals surface area contributed by atoms with Gasteiger partial charge in [-0.3, -0.25) is 4.79 Å². The highest BCUT2D eigenvalue weighted by Crippen LogP contribution is 2.43. The Morgan fingerprint density at radius 3 is 2.57 bits per heavy atom. The maximum atomic E-state index is 12.4. The Labute approximate surface area is 137 Å². The Kier molecular flexibility index (Phi) is 4.37. The van der Waals surface area contributed by atoms with Crippen LogP contribution in [0.5, 0.6) is 11.5 Å². The zero-order valence-electron chi connectivity index (χ0n) is 13.7. The van der Waals surface area contributed by atoms with E-state index in [0.29, 0.717) is 13.0 Å². The molecule has 120 valence electrons. The largest absolute Gasteiger partial charge is 0.497 e. The number of carbonyl (C=O) groups is 1. The SMILES string of the molecule is COc1ccc(OCc2ccccc2)c(C2(C)CCCC2=O)c1. The molecule has 1 fully saturated rings. The normalized spacial score (nSPS) is 20.5. The van der Waals surface area contributed by atoms with Crippen LogP contribution in [-0.2, 0) is 16.8 Å². The molecule has 1 aliphatic carbocycles. The Bertz CT molecular complexity index is 693. The number of rotatable bonds is 5. The predicted molar refractivity (Wildman–Crippen MR) is 90.0 cm³/mol. The summed E-state index contributed by atoms with van der Waals surface area (Å²) in [6, 6.07) is 15.8. The van der Waals surface area contributed by atoms with Gasteiger partial charge in [0.15, 0.2) is 0 Å². The highest BCUT2D eigenvalue weighted by Gasteiger charge is 2.41. The number of hydrogen-bond acceptors (Lipinski definition) is 3. The molecule has 23 heavy (non-hydrogen) atoms. The fraction of sp³-hybridized carbons (Fsp3) is 0.350. The molecule has 0 radical (unpaired) electrons. The van der Waals surface area contributed by atoms with Crippen LogP contribution in [0.3, 0.4) is 0 Å². The van der Waals surface area contributed by atoms with E-state index in [2.05, 4.69) is 0 Å². The van der Waals surface area contributed by atoms with Crippen LogP contribution in [0, 0.1) is 0 Å². The van der Waals surface area contributed by atoms with Gasteiger partial charge in [0.05, 0.1) is 12.5 Å². The summed E-state index contributed by atoms with van der Waals surface area (Å²) in [5.41, 5.74) is 1.58. The second-order valence-electron chi connectivity index (χ2n) is 6.25. The minimum Gasteiger partial charge on any atom is -0.497 e. The van der Waals surface area contributed by atoms with Crippen molar-refractivity contribution in [3.05, 3.63) is 59.7 Å². The zero-order chi connectivity index (χ0) is 16.3. The maximum absolute atomic E-state index is 12.4. The molecule has 1 atom stereocenters. The summed E-state index contributed by atoms with van der Waals surface area (Å²) >= 11 is 0. The Morgan fingerprint density at radius 2 is 1.91 bits per heavy atom. The van der Waals surface area contributed by atoms with E-state index < -0.39 is 5.41 Å². The van der Waals surface area contributed by atoms with Crippen molar-refractivity contribution in [2.24, 2.45) is 0 Å². The van der Waals surface area contributed by atoms with E-state index in [-0.39, 0.29) is 5.78 Å². The van der Waals surface area contributed by atoms with Gasteiger partial charge in [-0.05, 0) is 43.5 Å². The molecule has 1 unspecified atom stereocenters. The molecule has 3 nitrogen and oxygen atoms in total. The minimum absolute atomic E-state index is 0.287. The topological polar surface area (TPSA) is 35.5 Å². The van der Waals surface area contributed by atoms with Crippen LogP contribution < -0.4 is 9.47 Å². The molecule has 0 heterocycles. The number of ether oxygens (including phenoxy) is 2. The van der Waals surface area contributed by atoms with Gasteiger partial charge in [0, 0.05) is 12.0 Å². The number of hydrogen-bond donors (Lipinski definition) is 0. The molecule has 1 saturated carbocycles. The Balaban J connectivity index is 1.92. The molecule has 0 bridgehead atoms. The fourth-order valence-corrected chi connectivity index (χ4v) is 3.23. The first-order chi connectivity index (χ1) is 11.1. The molecule has 3 heteroatoms. The Morgan fingerprint density at radius 1 is 1.13 bits per heavy atom. The van der Waals surface area contributed by atoms with Gasteiger partial charge in [-0.25, -0.2) is 0 Å². The summed E-state index contributed by atoms with van der Waals surface area (Å²) in [5.74, 6) is 1.82. The summed E-state index contributed by atoms with van der Waals surface area (Å²) in [6.07, 6.45) is 2.44. The van der Waals surface area contributed by atoms with Crippen molar-refractivity contribution in [2.45, 2.75) is 38.2 Å². The van der Waals surface area contributed by atoms with Gasteiger partial charge >= 0.3 is 0 Å². The molecule has 2 aromatic carbocycles. The molecule has 0 amide bonds. The third kappa shape index (κ3) is 3.09. The summed E-state index contributed by atoms with van der Waals surface area (Å²) in [4.78, 5) is 12.4. The molecule has 0 aromatic heterocycles. The van der Waals surface area contributed by atoms with Crippen molar-refractivity contribution in [1.29, 1.82) is 0 Å². The van der Waals surface area contributed by atoms with Crippen molar-refractivity contribution < 1.29 is 14.3 Å². The maximum Gasteiger partial charge on any atom is 0.143 e. The van der Waals surface area contributed by atoms with Gasteiger partial charge in [0.25, 0.3) is 0 Å². The highest BCUT2D eigenvalue weighted by molar-refractivity contribution is 5.92. The lowest BCUT2D eigenvalue weighted by molar-refractivity contribution is -0.121. The molecule has 0 saturated heterocycles. The van der Waals surface area contributed by atoms with Crippen LogP contribution in [0.2, 0.25) is 0 Å². The zero-order valence-corrected chi connectivity index (χ0v) is 13.7. The van der Waals surface area contributed by atoms with E-state index in [1.165, 1.54) is 0 Å². The standard InChI is InChI=1S/C20H22O3/c1-20(12-6-9-19(20)21)17-13-16(22-2)10-11-18(17)23-14-15-7-4-3-5-8-15/h3-5,7-8,10-11,13H,6,9,12,14H2,1-2H3. The van der Waals surface area contributed by atoms with Gasteiger partial charge in [0.1, 0.15) is 23.9 Å². The van der Waals surface area contributed by atoms with Crippen molar-refractivity contribution in [1.82, 2.24) is 0 Å². The van der Waals surface area contributed by atoms with Crippen molar-refractivity contribution in [3.63, 3.8) is 0 Å². The van der Waals surface area contributed by atoms with Gasteiger partial charge in [-0.2, -0.15) is 0 Å². The van der Waals surface area contributed by atoms with E-state index in [1.807, 2.05) is 55.5 Å². The highest BCUT2D eigenvalue weighted by atomic mass is 16.5. The second kappa shape index (κ2) is 6.45. The number of Topliss-reactive ketones (excluding diaryl/α,β-unsaturated/α-hetero) is 1. The molecule has 0 aliphatic heterocycles. The van der Waals surface area contributed by atoms with Gasteiger partial charge < -0.3 is 9.47 Å². The van der Waals surface area contributed by atoms with Crippen molar-refractivity contribution >= 4 is 5.78 Å². The van der Waals surface area contributed by atoms with Crippen molar-refractivity contribution in [3.8, 4) is 11.5 Å². The average molecular weight is 310 g/mol. The lowest BCUT2D eigenvalue weighted by Crippen LogP contribution is -2.27. The average Bonchev–Trinajstić information content (AvgIpc) is 2.94. The molecule has 1 aliphatic rings.